The molecule has 1 aliphatic rings. The van der Waals surface area contributed by atoms with Crippen molar-refractivity contribution in [1.82, 2.24) is 24.3 Å². The summed E-state index contributed by atoms with van der Waals surface area (Å²) in [4.78, 5) is 22.4. The number of aliphatic hydroxyl groups excluding tert-OH is 1. The Bertz CT molecular complexity index is 819. The van der Waals surface area contributed by atoms with Gasteiger partial charge in [0.15, 0.2) is 0 Å². The van der Waals surface area contributed by atoms with Crippen LogP contribution in [0.4, 0.5) is 4.79 Å². The van der Waals surface area contributed by atoms with Crippen LogP contribution in [0, 0.1) is 0 Å². The summed E-state index contributed by atoms with van der Waals surface area (Å²) in [6.07, 6.45) is 0.805. The number of piperazine rings is 1. The average Bonchev–Trinajstić information content (AvgIpc) is 3.01. The van der Waals surface area contributed by atoms with Crippen molar-refractivity contribution in [3.8, 4) is 0 Å². The van der Waals surface area contributed by atoms with Gasteiger partial charge in [0.05, 0.1) is 24.0 Å². The molecule has 1 fully saturated rings. The second-order valence-electron chi connectivity index (χ2n) is 8.56. The molecule has 1 atom stereocenters. The summed E-state index contributed by atoms with van der Waals surface area (Å²) in [5.41, 5.74) is 2.22. The highest BCUT2D eigenvalue weighted by Gasteiger charge is 2.28. The van der Waals surface area contributed by atoms with Crippen molar-refractivity contribution in [1.29, 1.82) is 0 Å². The minimum Gasteiger partial charge on any atom is -0.444 e. The summed E-state index contributed by atoms with van der Waals surface area (Å²) >= 11 is 0. The first-order valence-electron chi connectivity index (χ1n) is 9.63. The zero-order valence-corrected chi connectivity index (χ0v) is 17.4. The third kappa shape index (κ3) is 4.81. The van der Waals surface area contributed by atoms with E-state index in [4.69, 9.17) is 4.74 Å². The van der Waals surface area contributed by atoms with Gasteiger partial charge in [-0.15, -0.1) is 0 Å². The van der Waals surface area contributed by atoms with Crippen molar-refractivity contribution in [3.63, 3.8) is 0 Å². The smallest absolute Gasteiger partial charge is 0.410 e. The van der Waals surface area contributed by atoms with E-state index in [2.05, 4.69) is 14.5 Å². The van der Waals surface area contributed by atoms with Crippen molar-refractivity contribution in [2.75, 3.05) is 40.3 Å². The predicted molar refractivity (Wildman–Crippen MR) is 108 cm³/mol. The normalized spacial score (nSPS) is 17.3. The Morgan fingerprint density at radius 1 is 1.25 bits per heavy atom. The molecule has 0 spiro atoms. The van der Waals surface area contributed by atoms with Crippen LogP contribution in [0.5, 0.6) is 0 Å². The van der Waals surface area contributed by atoms with Gasteiger partial charge in [0, 0.05) is 26.2 Å². The minimum absolute atomic E-state index is 0.297. The monoisotopic (exact) mass is 389 g/mol. The predicted octanol–water partition coefficient (Wildman–Crippen LogP) is 2.10. The van der Waals surface area contributed by atoms with Crippen molar-refractivity contribution in [2.24, 2.45) is 0 Å². The zero-order chi connectivity index (χ0) is 20.5. The zero-order valence-electron chi connectivity index (χ0n) is 17.4. The van der Waals surface area contributed by atoms with Crippen molar-refractivity contribution < 1.29 is 14.6 Å². The summed E-state index contributed by atoms with van der Waals surface area (Å²) in [5.74, 6) is 0. The number of imidazole rings is 1. The molecular formula is C20H31N5O3. The number of ether oxygens (including phenoxy) is 1. The topological polar surface area (TPSA) is 74.1 Å². The fourth-order valence-electron chi connectivity index (χ4n) is 3.35. The van der Waals surface area contributed by atoms with Crippen LogP contribution >= 0.6 is 0 Å². The molecule has 0 radical (unpaired) electrons. The Morgan fingerprint density at radius 2 is 1.93 bits per heavy atom. The van der Waals surface area contributed by atoms with Crippen molar-refractivity contribution in [2.45, 2.75) is 39.3 Å². The lowest BCUT2D eigenvalue weighted by Gasteiger charge is -2.37. The Morgan fingerprint density at radius 3 is 2.54 bits per heavy atom. The number of hydrogen-bond donors (Lipinski definition) is 1. The molecule has 1 aromatic heterocycles. The van der Waals surface area contributed by atoms with Crippen LogP contribution in [0.3, 0.4) is 0 Å². The summed E-state index contributed by atoms with van der Waals surface area (Å²) in [5, 5.41) is 10.8. The van der Waals surface area contributed by atoms with Gasteiger partial charge in [0.25, 0.3) is 0 Å². The maximum atomic E-state index is 12.2. The standard InChI is InChI=1S/C20H31N5O3/c1-20(2,3)28-19(27)24-10-8-23(9-11-24)18(26)15-6-7-17-16(12-15)21-13-25(17)14-22(4)5/h6-7,12-13,18,26H,8-11,14H2,1-5H3. The van der Waals surface area contributed by atoms with Gasteiger partial charge in [0.1, 0.15) is 11.8 Å². The summed E-state index contributed by atoms with van der Waals surface area (Å²) in [6.45, 7) is 8.59. The molecule has 0 aliphatic carbocycles. The van der Waals surface area contributed by atoms with Gasteiger partial charge < -0.3 is 19.3 Å². The maximum Gasteiger partial charge on any atom is 0.410 e. The molecule has 1 saturated heterocycles. The summed E-state index contributed by atoms with van der Waals surface area (Å²) in [7, 11) is 4.03. The fraction of sp³-hybridized carbons (Fsp3) is 0.600. The number of amides is 1. The van der Waals surface area contributed by atoms with Gasteiger partial charge in [0.2, 0.25) is 0 Å². The molecule has 8 heteroatoms. The van der Waals surface area contributed by atoms with Gasteiger partial charge >= 0.3 is 6.09 Å². The van der Waals surface area contributed by atoms with Crippen LogP contribution < -0.4 is 0 Å². The number of aromatic nitrogens is 2. The number of carbonyl (C=O) groups excluding carboxylic acids is 1. The molecule has 1 aromatic carbocycles. The van der Waals surface area contributed by atoms with Gasteiger partial charge in [-0.25, -0.2) is 9.78 Å². The molecule has 2 heterocycles. The largest absolute Gasteiger partial charge is 0.444 e. The number of fused-ring (bicyclic) bond motifs is 1. The van der Waals surface area contributed by atoms with E-state index in [1.54, 1.807) is 4.90 Å². The average molecular weight is 390 g/mol. The maximum absolute atomic E-state index is 12.2. The molecule has 28 heavy (non-hydrogen) atoms. The second-order valence-corrected chi connectivity index (χ2v) is 8.56. The van der Waals surface area contributed by atoms with E-state index < -0.39 is 11.8 Å². The number of carbonyl (C=O) groups is 1. The lowest BCUT2D eigenvalue weighted by molar-refractivity contribution is -0.0353. The molecule has 154 valence electrons. The van der Waals surface area contributed by atoms with Crippen molar-refractivity contribution >= 4 is 17.1 Å². The molecule has 3 rings (SSSR count). The van der Waals surface area contributed by atoms with Crippen LogP contribution in [-0.2, 0) is 11.4 Å². The highest BCUT2D eigenvalue weighted by Crippen LogP contribution is 2.24. The summed E-state index contributed by atoms with van der Waals surface area (Å²) < 4.78 is 7.50. The van der Waals surface area contributed by atoms with Crippen LogP contribution in [0.25, 0.3) is 11.0 Å². The Balaban J connectivity index is 1.63. The van der Waals surface area contributed by atoms with Gasteiger partial charge in [-0.05, 0) is 52.6 Å². The number of rotatable bonds is 4. The van der Waals surface area contributed by atoms with E-state index in [0.717, 1.165) is 23.3 Å². The molecule has 1 N–H and O–H groups in total. The van der Waals surface area contributed by atoms with Gasteiger partial charge in [-0.1, -0.05) is 6.07 Å². The number of benzene rings is 1. The molecule has 1 unspecified atom stereocenters. The van der Waals surface area contributed by atoms with Crippen LogP contribution in [0.1, 0.15) is 32.6 Å². The van der Waals surface area contributed by atoms with E-state index in [1.807, 2.05) is 64.3 Å². The van der Waals surface area contributed by atoms with Gasteiger partial charge in [-0.3, -0.25) is 9.80 Å². The van der Waals surface area contributed by atoms with E-state index in [9.17, 15) is 9.90 Å². The molecule has 0 saturated carbocycles. The first-order chi connectivity index (χ1) is 13.1. The minimum atomic E-state index is -0.718. The van der Waals surface area contributed by atoms with Gasteiger partial charge in [-0.2, -0.15) is 0 Å². The molecule has 2 aromatic rings. The van der Waals surface area contributed by atoms with Crippen LogP contribution in [0.15, 0.2) is 24.5 Å². The first-order valence-corrected chi connectivity index (χ1v) is 9.63. The fourth-order valence-corrected chi connectivity index (χ4v) is 3.35. The molecule has 1 aliphatic heterocycles. The van der Waals surface area contributed by atoms with E-state index in [-0.39, 0.29) is 6.09 Å². The third-order valence-corrected chi connectivity index (χ3v) is 4.69. The number of aliphatic hydroxyl groups is 1. The van der Waals surface area contributed by atoms with E-state index >= 15 is 0 Å². The van der Waals surface area contributed by atoms with Crippen LogP contribution in [0.2, 0.25) is 0 Å². The molecule has 8 nitrogen and oxygen atoms in total. The highest BCUT2D eigenvalue weighted by atomic mass is 16.6. The second kappa shape index (κ2) is 8.06. The van der Waals surface area contributed by atoms with Crippen molar-refractivity contribution in [3.05, 3.63) is 30.1 Å². The quantitative estimate of drug-likeness (QED) is 0.863. The molecular weight excluding hydrogens is 358 g/mol. The lowest BCUT2D eigenvalue weighted by atomic mass is 10.1. The molecule has 0 bridgehead atoms. The summed E-state index contributed by atoms with van der Waals surface area (Å²) in [6, 6.07) is 5.88. The molecule has 1 amide bonds. The Hall–Kier alpha value is -2.16. The van der Waals surface area contributed by atoms with E-state index in [1.165, 1.54) is 0 Å². The number of nitrogens with zero attached hydrogens (tertiary/aromatic N) is 5. The first kappa shape index (κ1) is 20.6. The van der Waals surface area contributed by atoms with E-state index in [0.29, 0.717) is 26.2 Å². The Kier molecular flexibility index (Phi) is 5.92. The lowest BCUT2D eigenvalue weighted by Crippen LogP contribution is -2.50. The SMILES string of the molecule is CN(C)Cn1cnc2cc(C(O)N3CCN(C(=O)OC(C)(C)C)CC3)ccc21. The highest BCUT2D eigenvalue weighted by molar-refractivity contribution is 5.76. The van der Waals surface area contributed by atoms with Crippen LogP contribution in [-0.4, -0.2) is 81.3 Å². The third-order valence-electron chi connectivity index (χ3n) is 4.69. The number of hydrogen-bond acceptors (Lipinski definition) is 6. The Labute approximate surface area is 166 Å².